The van der Waals surface area contributed by atoms with Gasteiger partial charge in [-0.25, -0.2) is 14.8 Å². The van der Waals surface area contributed by atoms with E-state index >= 15 is 0 Å². The van der Waals surface area contributed by atoms with Crippen molar-refractivity contribution in [2.75, 3.05) is 18.0 Å². The van der Waals surface area contributed by atoms with Gasteiger partial charge in [0.2, 0.25) is 5.95 Å². The number of aromatic nitrogens is 2. The molecule has 1 aromatic heterocycles. The van der Waals surface area contributed by atoms with Gasteiger partial charge < -0.3 is 15.0 Å². The van der Waals surface area contributed by atoms with Crippen molar-refractivity contribution in [3.8, 4) is 6.07 Å². The van der Waals surface area contributed by atoms with Crippen LogP contribution in [0.4, 0.5) is 10.7 Å². The predicted molar refractivity (Wildman–Crippen MR) is 110 cm³/mol. The minimum absolute atomic E-state index is 0.0359. The Kier molecular flexibility index (Phi) is 5.85. The second-order valence-corrected chi connectivity index (χ2v) is 9.69. The summed E-state index contributed by atoms with van der Waals surface area (Å²) >= 11 is 3.38. The lowest BCUT2D eigenvalue weighted by Crippen LogP contribution is -2.48. The Morgan fingerprint density at radius 3 is 2.61 bits per heavy atom. The van der Waals surface area contributed by atoms with E-state index in [9.17, 15) is 10.1 Å². The number of aryl methyl sites for hydroxylation is 1. The first-order valence-electron chi connectivity index (χ1n) is 9.81. The number of nitrogens with one attached hydrogen (secondary N) is 1. The number of piperidine rings is 1. The van der Waals surface area contributed by atoms with Gasteiger partial charge in [-0.05, 0) is 75.7 Å². The van der Waals surface area contributed by atoms with Crippen LogP contribution in [0.3, 0.4) is 0 Å². The van der Waals surface area contributed by atoms with Crippen LogP contribution in [0.2, 0.25) is 0 Å². The molecule has 1 spiro atoms. The predicted octanol–water partition coefficient (Wildman–Crippen LogP) is 4.08. The Bertz CT molecular complexity index is 791. The van der Waals surface area contributed by atoms with E-state index in [0.29, 0.717) is 16.1 Å². The zero-order valence-electron chi connectivity index (χ0n) is 17.0. The van der Waals surface area contributed by atoms with Crippen molar-refractivity contribution in [1.29, 1.82) is 5.26 Å². The van der Waals surface area contributed by atoms with Gasteiger partial charge in [0.25, 0.3) is 0 Å². The van der Waals surface area contributed by atoms with Crippen molar-refractivity contribution in [3.05, 3.63) is 15.9 Å². The smallest absolute Gasteiger partial charge is 0.407 e. The van der Waals surface area contributed by atoms with E-state index in [1.807, 2.05) is 27.7 Å². The summed E-state index contributed by atoms with van der Waals surface area (Å²) in [7, 11) is 0. The molecule has 1 atom stereocenters. The molecule has 0 bridgehead atoms. The summed E-state index contributed by atoms with van der Waals surface area (Å²) in [5.41, 5.74) is 0.863. The van der Waals surface area contributed by atoms with Crippen LogP contribution in [0.15, 0.2) is 4.47 Å². The van der Waals surface area contributed by atoms with Gasteiger partial charge in [-0.1, -0.05) is 0 Å². The molecule has 1 aliphatic heterocycles. The zero-order valence-corrected chi connectivity index (χ0v) is 18.6. The molecule has 1 saturated heterocycles. The van der Waals surface area contributed by atoms with Gasteiger partial charge in [0.15, 0.2) is 5.69 Å². The van der Waals surface area contributed by atoms with Crippen LogP contribution < -0.4 is 10.2 Å². The highest BCUT2D eigenvalue weighted by atomic mass is 79.9. The number of carbonyl (C=O) groups is 1. The van der Waals surface area contributed by atoms with Crippen LogP contribution in [0.5, 0.6) is 0 Å². The number of nitriles is 1. The van der Waals surface area contributed by atoms with E-state index in [1.165, 1.54) is 0 Å². The normalized spacial score (nSPS) is 21.4. The summed E-state index contributed by atoms with van der Waals surface area (Å²) in [6.45, 7) is 9.32. The van der Waals surface area contributed by atoms with Gasteiger partial charge in [0.1, 0.15) is 12.2 Å². The molecule has 152 valence electrons. The van der Waals surface area contributed by atoms with Gasteiger partial charge in [0, 0.05) is 24.0 Å². The molecule has 2 aliphatic rings. The third-order valence-electron chi connectivity index (χ3n) is 5.70. The maximum atomic E-state index is 12.3. The summed E-state index contributed by atoms with van der Waals surface area (Å²) in [4.78, 5) is 23.4. The second kappa shape index (κ2) is 7.86. The summed E-state index contributed by atoms with van der Waals surface area (Å²) < 4.78 is 6.50. The van der Waals surface area contributed by atoms with Crippen molar-refractivity contribution in [1.82, 2.24) is 15.3 Å². The van der Waals surface area contributed by atoms with E-state index in [4.69, 9.17) is 4.74 Å². The van der Waals surface area contributed by atoms with Crippen LogP contribution in [-0.4, -0.2) is 40.8 Å². The third kappa shape index (κ3) is 4.40. The Hall–Kier alpha value is -1.88. The Morgan fingerprint density at radius 1 is 1.32 bits per heavy atom. The molecule has 2 heterocycles. The molecule has 1 N–H and O–H groups in total. The van der Waals surface area contributed by atoms with E-state index in [2.05, 4.69) is 42.2 Å². The van der Waals surface area contributed by atoms with E-state index in [1.54, 1.807) is 0 Å². The van der Waals surface area contributed by atoms with E-state index in [0.717, 1.165) is 50.9 Å². The van der Waals surface area contributed by atoms with Crippen LogP contribution in [0, 0.1) is 23.7 Å². The topological polar surface area (TPSA) is 91.1 Å². The number of ether oxygens (including phenoxy) is 1. The second-order valence-electron chi connectivity index (χ2n) is 8.89. The van der Waals surface area contributed by atoms with Gasteiger partial charge in [0.05, 0.1) is 10.2 Å². The SMILES string of the molecule is Cc1nc(N2CCC3(CCCC3OC(=O)NC(C)(C)C)CC2)nc(C#N)c1Br. The molecule has 1 aliphatic carbocycles. The molecule has 28 heavy (non-hydrogen) atoms. The number of hydrogen-bond donors (Lipinski definition) is 1. The number of rotatable bonds is 2. The zero-order chi connectivity index (χ0) is 20.5. The van der Waals surface area contributed by atoms with Crippen molar-refractivity contribution < 1.29 is 9.53 Å². The number of amides is 1. The van der Waals surface area contributed by atoms with Crippen molar-refractivity contribution in [3.63, 3.8) is 0 Å². The van der Waals surface area contributed by atoms with Crippen molar-refractivity contribution >= 4 is 28.0 Å². The molecule has 1 unspecified atom stereocenters. The Labute approximate surface area is 175 Å². The molecule has 1 amide bonds. The van der Waals surface area contributed by atoms with Gasteiger partial charge in [-0.15, -0.1) is 0 Å². The minimum Gasteiger partial charge on any atom is -0.446 e. The highest BCUT2D eigenvalue weighted by molar-refractivity contribution is 9.10. The number of anilines is 1. The maximum absolute atomic E-state index is 12.3. The van der Waals surface area contributed by atoms with E-state index < -0.39 is 0 Å². The average Bonchev–Trinajstić information content (AvgIpc) is 2.98. The van der Waals surface area contributed by atoms with Crippen LogP contribution >= 0.6 is 15.9 Å². The molecule has 7 nitrogen and oxygen atoms in total. The lowest BCUT2D eigenvalue weighted by Gasteiger charge is -2.42. The highest BCUT2D eigenvalue weighted by Gasteiger charge is 2.47. The molecular formula is C20H28BrN5O2. The summed E-state index contributed by atoms with van der Waals surface area (Å²) in [5, 5.41) is 12.2. The van der Waals surface area contributed by atoms with Crippen LogP contribution in [-0.2, 0) is 4.74 Å². The molecule has 0 radical (unpaired) electrons. The van der Waals surface area contributed by atoms with Gasteiger partial charge in [-0.2, -0.15) is 5.26 Å². The first-order valence-corrected chi connectivity index (χ1v) is 10.6. The monoisotopic (exact) mass is 449 g/mol. The number of halogens is 1. The highest BCUT2D eigenvalue weighted by Crippen LogP contribution is 2.48. The fourth-order valence-corrected chi connectivity index (χ4v) is 4.51. The number of nitrogens with zero attached hydrogens (tertiary/aromatic N) is 4. The fourth-order valence-electron chi connectivity index (χ4n) is 4.24. The summed E-state index contributed by atoms with van der Waals surface area (Å²) in [6, 6.07) is 2.12. The fraction of sp³-hybridized carbons (Fsp3) is 0.700. The number of hydrogen-bond acceptors (Lipinski definition) is 6. The maximum Gasteiger partial charge on any atom is 0.407 e. The third-order valence-corrected chi connectivity index (χ3v) is 6.65. The molecule has 1 saturated carbocycles. The Morgan fingerprint density at radius 2 is 2.00 bits per heavy atom. The minimum atomic E-state index is -0.327. The first kappa shape index (κ1) is 20.8. The van der Waals surface area contributed by atoms with Crippen LogP contribution in [0.25, 0.3) is 0 Å². The lowest BCUT2D eigenvalue weighted by atomic mass is 9.75. The summed E-state index contributed by atoms with van der Waals surface area (Å²) in [5.74, 6) is 0.605. The Balaban J connectivity index is 1.68. The van der Waals surface area contributed by atoms with Gasteiger partial charge in [-0.3, -0.25) is 0 Å². The average molecular weight is 450 g/mol. The van der Waals surface area contributed by atoms with Gasteiger partial charge >= 0.3 is 6.09 Å². The summed E-state index contributed by atoms with van der Waals surface area (Å²) in [6.07, 6.45) is 4.58. The van der Waals surface area contributed by atoms with Crippen molar-refractivity contribution in [2.24, 2.45) is 5.41 Å². The number of alkyl carbamates (subject to hydrolysis) is 1. The molecular weight excluding hydrogens is 422 g/mol. The quantitative estimate of drug-likeness (QED) is 0.730. The molecule has 1 aromatic rings. The standard InChI is InChI=1S/C20H28BrN5O2/c1-13-16(21)14(12-22)24-17(23-13)26-10-8-20(9-11-26)7-5-6-15(20)28-18(27)25-19(2,3)4/h15H,5-11H2,1-4H3,(H,25,27). The molecule has 8 heteroatoms. The lowest BCUT2D eigenvalue weighted by molar-refractivity contribution is 0.00877. The molecule has 0 aromatic carbocycles. The van der Waals surface area contributed by atoms with Crippen molar-refractivity contribution in [2.45, 2.75) is 71.4 Å². The van der Waals surface area contributed by atoms with Crippen LogP contribution in [0.1, 0.15) is 64.3 Å². The van der Waals surface area contributed by atoms with E-state index in [-0.39, 0.29) is 23.2 Å². The largest absolute Gasteiger partial charge is 0.446 e. The molecule has 2 fully saturated rings. The molecule has 3 rings (SSSR count). The number of carbonyl (C=O) groups excluding carboxylic acids is 1. The first-order chi connectivity index (χ1) is 13.1.